The molecule has 0 fully saturated rings. The molecule has 0 bridgehead atoms. The van der Waals surface area contributed by atoms with Gasteiger partial charge in [0.05, 0.1) is 12.7 Å². The van der Waals surface area contributed by atoms with Gasteiger partial charge in [-0.2, -0.15) is 0 Å². The molecule has 4 heteroatoms. The van der Waals surface area contributed by atoms with E-state index in [-0.39, 0.29) is 5.91 Å². The summed E-state index contributed by atoms with van der Waals surface area (Å²) in [7, 11) is 0. The van der Waals surface area contributed by atoms with Crippen molar-refractivity contribution in [2.24, 2.45) is 0 Å². The quantitative estimate of drug-likeness (QED) is 0.568. The van der Waals surface area contributed by atoms with Crippen molar-refractivity contribution >= 4 is 5.91 Å². The van der Waals surface area contributed by atoms with Crippen molar-refractivity contribution in [3.05, 3.63) is 0 Å². The molecule has 2 N–H and O–H groups in total. The van der Waals surface area contributed by atoms with Crippen molar-refractivity contribution in [2.75, 3.05) is 19.8 Å². The molecule has 0 saturated heterocycles. The van der Waals surface area contributed by atoms with Gasteiger partial charge in [0.2, 0.25) is 5.91 Å². The molecule has 4 nitrogen and oxygen atoms in total. The maximum absolute atomic E-state index is 11.2. The van der Waals surface area contributed by atoms with E-state index in [2.05, 4.69) is 12.2 Å². The summed E-state index contributed by atoms with van der Waals surface area (Å²) in [6.45, 7) is 5.69. The van der Waals surface area contributed by atoms with Crippen molar-refractivity contribution in [1.82, 2.24) is 5.32 Å². The first kappa shape index (κ1) is 14.4. The van der Waals surface area contributed by atoms with Crippen LogP contribution in [0.4, 0.5) is 0 Å². The first-order valence-electron chi connectivity index (χ1n) is 5.69. The van der Waals surface area contributed by atoms with Gasteiger partial charge in [-0.05, 0) is 19.8 Å². The normalized spacial score (nSPS) is 12.5. The number of carbonyl (C=O) groups excluding carboxylic acids is 1. The molecule has 0 aromatic heterocycles. The maximum Gasteiger partial charge on any atom is 0.220 e. The molecule has 15 heavy (non-hydrogen) atoms. The predicted molar refractivity (Wildman–Crippen MR) is 59.7 cm³/mol. The topological polar surface area (TPSA) is 58.6 Å². The smallest absolute Gasteiger partial charge is 0.220 e. The van der Waals surface area contributed by atoms with Gasteiger partial charge >= 0.3 is 0 Å². The molecule has 0 aliphatic rings. The van der Waals surface area contributed by atoms with E-state index in [0.29, 0.717) is 26.0 Å². The van der Waals surface area contributed by atoms with Crippen molar-refractivity contribution in [1.29, 1.82) is 0 Å². The van der Waals surface area contributed by atoms with Crippen LogP contribution in [0, 0.1) is 0 Å². The van der Waals surface area contributed by atoms with Crippen LogP contribution in [-0.2, 0) is 9.53 Å². The van der Waals surface area contributed by atoms with Crippen LogP contribution in [-0.4, -0.2) is 36.9 Å². The summed E-state index contributed by atoms with van der Waals surface area (Å²) in [6.07, 6.45) is 2.68. The van der Waals surface area contributed by atoms with E-state index in [1.165, 1.54) is 0 Å². The number of amides is 1. The van der Waals surface area contributed by atoms with Crippen molar-refractivity contribution in [2.45, 2.75) is 45.6 Å². The van der Waals surface area contributed by atoms with E-state index in [4.69, 9.17) is 9.84 Å². The highest BCUT2D eigenvalue weighted by atomic mass is 16.5. The number of ether oxygens (including phenoxy) is 1. The van der Waals surface area contributed by atoms with Gasteiger partial charge < -0.3 is 15.2 Å². The first-order valence-corrected chi connectivity index (χ1v) is 5.69. The zero-order valence-electron chi connectivity index (χ0n) is 9.79. The number of nitrogens with one attached hydrogen (secondary N) is 1. The molecule has 0 aliphatic heterocycles. The number of rotatable bonds is 9. The molecule has 1 unspecified atom stereocenters. The van der Waals surface area contributed by atoms with Crippen LogP contribution < -0.4 is 5.32 Å². The lowest BCUT2D eigenvalue weighted by Crippen LogP contribution is -2.27. The number of aliphatic hydroxyl groups excluding tert-OH is 1. The zero-order valence-corrected chi connectivity index (χ0v) is 9.79. The minimum atomic E-state index is -0.406. The van der Waals surface area contributed by atoms with Crippen molar-refractivity contribution in [3.8, 4) is 0 Å². The highest BCUT2D eigenvalue weighted by Crippen LogP contribution is 1.94. The number of hydrogen-bond acceptors (Lipinski definition) is 3. The lowest BCUT2D eigenvalue weighted by atomic mass is 10.2. The summed E-state index contributed by atoms with van der Waals surface area (Å²) in [5, 5.41) is 11.7. The van der Waals surface area contributed by atoms with Gasteiger partial charge in [0.25, 0.3) is 0 Å². The third kappa shape index (κ3) is 11.3. The van der Waals surface area contributed by atoms with Crippen LogP contribution in [0.2, 0.25) is 0 Å². The first-order chi connectivity index (χ1) is 7.16. The summed E-state index contributed by atoms with van der Waals surface area (Å²) in [4.78, 5) is 11.2. The molecule has 1 amide bonds. The lowest BCUT2D eigenvalue weighted by molar-refractivity contribution is -0.121. The third-order valence-electron chi connectivity index (χ3n) is 2.00. The molecule has 0 aromatic carbocycles. The molecule has 90 valence electrons. The molecule has 1 atom stereocenters. The highest BCUT2D eigenvalue weighted by Gasteiger charge is 2.02. The molecule has 0 aliphatic carbocycles. The van der Waals surface area contributed by atoms with E-state index in [0.717, 1.165) is 19.4 Å². The maximum atomic E-state index is 11.2. The van der Waals surface area contributed by atoms with Crippen LogP contribution in [0.3, 0.4) is 0 Å². The van der Waals surface area contributed by atoms with Gasteiger partial charge in [0.15, 0.2) is 0 Å². The minimum Gasteiger partial charge on any atom is -0.393 e. The number of hydrogen-bond donors (Lipinski definition) is 2. The van der Waals surface area contributed by atoms with Gasteiger partial charge in [-0.3, -0.25) is 4.79 Å². The molecular formula is C11H23NO3. The second-order valence-electron chi connectivity index (χ2n) is 3.70. The molecule has 0 heterocycles. The Labute approximate surface area is 92.0 Å². The largest absolute Gasteiger partial charge is 0.393 e. The predicted octanol–water partition coefficient (Wildman–Crippen LogP) is 1.08. The lowest BCUT2D eigenvalue weighted by Gasteiger charge is -2.06. The molecule has 0 saturated carbocycles. The average Bonchev–Trinajstić information content (AvgIpc) is 2.20. The highest BCUT2D eigenvalue weighted by molar-refractivity contribution is 5.75. The number of aliphatic hydroxyl groups is 1. The molecular weight excluding hydrogens is 194 g/mol. The fraction of sp³-hybridized carbons (Fsp3) is 0.909. The monoisotopic (exact) mass is 217 g/mol. The molecule has 0 aromatic rings. The van der Waals surface area contributed by atoms with Crippen LogP contribution in [0.1, 0.15) is 39.5 Å². The minimum absolute atomic E-state index is 0.0185. The van der Waals surface area contributed by atoms with Gasteiger partial charge in [-0.15, -0.1) is 0 Å². The molecule has 0 radical (unpaired) electrons. The summed E-state index contributed by atoms with van der Waals surface area (Å²) < 4.78 is 5.29. The van der Waals surface area contributed by atoms with Crippen molar-refractivity contribution in [3.63, 3.8) is 0 Å². The zero-order chi connectivity index (χ0) is 11.5. The Balaban J connectivity index is 3.17. The summed E-state index contributed by atoms with van der Waals surface area (Å²) in [5.41, 5.74) is 0. The summed E-state index contributed by atoms with van der Waals surface area (Å²) in [5.74, 6) is -0.0185. The Morgan fingerprint density at radius 2 is 2.20 bits per heavy atom. The second-order valence-corrected chi connectivity index (χ2v) is 3.70. The number of carbonyl (C=O) groups is 1. The Bertz CT molecular complexity index is 160. The molecule has 0 spiro atoms. The van der Waals surface area contributed by atoms with Gasteiger partial charge in [0.1, 0.15) is 0 Å². The fourth-order valence-corrected chi connectivity index (χ4v) is 1.04. The van der Waals surface area contributed by atoms with Gasteiger partial charge in [0, 0.05) is 19.6 Å². The van der Waals surface area contributed by atoms with Crippen LogP contribution >= 0.6 is 0 Å². The Morgan fingerprint density at radius 1 is 1.47 bits per heavy atom. The standard InChI is InChI=1S/C11H23NO3/c1-3-4-8-15-9-7-12-11(14)6-5-10(2)13/h10,13H,3-9H2,1-2H3,(H,12,14). The van der Waals surface area contributed by atoms with E-state index >= 15 is 0 Å². The Kier molecular flexibility index (Phi) is 9.52. The van der Waals surface area contributed by atoms with Gasteiger partial charge in [-0.1, -0.05) is 13.3 Å². The summed E-state index contributed by atoms with van der Waals surface area (Å²) >= 11 is 0. The van der Waals surface area contributed by atoms with Crippen molar-refractivity contribution < 1.29 is 14.6 Å². The van der Waals surface area contributed by atoms with Crippen LogP contribution in [0.15, 0.2) is 0 Å². The van der Waals surface area contributed by atoms with E-state index < -0.39 is 6.10 Å². The molecule has 0 rings (SSSR count). The van der Waals surface area contributed by atoms with Crippen LogP contribution in [0.5, 0.6) is 0 Å². The Morgan fingerprint density at radius 3 is 2.80 bits per heavy atom. The Hall–Kier alpha value is -0.610. The van der Waals surface area contributed by atoms with E-state index in [9.17, 15) is 4.79 Å². The van der Waals surface area contributed by atoms with E-state index in [1.807, 2.05) is 0 Å². The second kappa shape index (κ2) is 9.93. The average molecular weight is 217 g/mol. The SMILES string of the molecule is CCCCOCCNC(=O)CCC(C)O. The third-order valence-corrected chi connectivity index (χ3v) is 2.00. The fourth-order valence-electron chi connectivity index (χ4n) is 1.04. The van der Waals surface area contributed by atoms with Gasteiger partial charge in [-0.25, -0.2) is 0 Å². The summed E-state index contributed by atoms with van der Waals surface area (Å²) in [6, 6.07) is 0. The van der Waals surface area contributed by atoms with E-state index in [1.54, 1.807) is 6.92 Å². The van der Waals surface area contributed by atoms with Crippen LogP contribution in [0.25, 0.3) is 0 Å². The number of unbranched alkanes of at least 4 members (excludes halogenated alkanes) is 1.